The molecular weight excluding hydrogens is 544 g/mol. The van der Waals surface area contributed by atoms with Crippen molar-refractivity contribution in [1.82, 2.24) is 0 Å². The Kier molecular flexibility index (Phi) is 13.1. The van der Waals surface area contributed by atoms with Gasteiger partial charge in [0.15, 0.2) is 0 Å². The summed E-state index contributed by atoms with van der Waals surface area (Å²) in [4.78, 5) is 0. The molecule has 0 aliphatic rings. The van der Waals surface area contributed by atoms with Gasteiger partial charge in [-0.25, -0.2) is 0 Å². The van der Waals surface area contributed by atoms with Gasteiger partial charge < -0.3 is 0 Å². The molecule has 0 aromatic heterocycles. The standard InChI is InChI=1S/C6H5.2C4H11O2PS2.Sb/c1-2-4-6-5-3-1;2*1-3-5-7(8,9)6-4-2;/h1-5H;2*3-4H2,1-2H3,(H,8,9);/q;;;+2/p-2. The summed E-state index contributed by atoms with van der Waals surface area (Å²) in [7, 11) is 3.40. The molecule has 0 atom stereocenters. The topological polar surface area (TPSA) is 36.9 Å². The molecule has 0 heterocycles. The molecule has 0 saturated heterocycles. The minimum atomic E-state index is -2.39. The van der Waals surface area contributed by atoms with E-state index in [0.29, 0.717) is 26.4 Å². The first-order chi connectivity index (χ1) is 11.9. The van der Waals surface area contributed by atoms with Crippen LogP contribution in [-0.2, 0) is 41.7 Å². The zero-order valence-electron chi connectivity index (χ0n) is 14.8. The third-order valence-corrected chi connectivity index (χ3v) is 49.0. The van der Waals surface area contributed by atoms with Crippen molar-refractivity contribution in [2.45, 2.75) is 27.7 Å². The predicted molar refractivity (Wildman–Crippen MR) is 122 cm³/mol. The van der Waals surface area contributed by atoms with E-state index in [1.807, 2.05) is 45.9 Å². The molecule has 0 bridgehead atoms. The van der Waals surface area contributed by atoms with E-state index in [0.717, 1.165) is 0 Å². The van der Waals surface area contributed by atoms with Crippen LogP contribution < -0.4 is 3.51 Å². The molecule has 25 heavy (non-hydrogen) atoms. The third kappa shape index (κ3) is 9.28. The first kappa shape index (κ1) is 24.9. The van der Waals surface area contributed by atoms with Gasteiger partial charge in [-0.05, 0) is 0 Å². The van der Waals surface area contributed by atoms with Crippen LogP contribution in [0.4, 0.5) is 0 Å². The van der Waals surface area contributed by atoms with Crippen molar-refractivity contribution in [3.63, 3.8) is 0 Å². The number of rotatable bonds is 13. The van der Waals surface area contributed by atoms with Gasteiger partial charge in [0.05, 0.1) is 0 Å². The van der Waals surface area contributed by atoms with E-state index in [4.69, 9.17) is 41.7 Å². The van der Waals surface area contributed by atoms with Crippen LogP contribution in [0.3, 0.4) is 0 Å². The monoisotopic (exact) mass is 568 g/mol. The Hall–Kier alpha value is 1.88. The molecular formula is C14H25O4P2S4Sb. The van der Waals surface area contributed by atoms with Gasteiger partial charge in [-0.1, -0.05) is 0 Å². The summed E-state index contributed by atoms with van der Waals surface area (Å²) in [6.45, 7) is 9.97. The normalized spacial score (nSPS) is 12.7. The second-order valence-electron chi connectivity index (χ2n) is 4.32. The molecule has 1 aromatic rings. The van der Waals surface area contributed by atoms with Crippen LogP contribution in [0.5, 0.6) is 0 Å². The van der Waals surface area contributed by atoms with Gasteiger partial charge in [0, 0.05) is 0 Å². The maximum atomic E-state index is 5.85. The third-order valence-electron chi connectivity index (χ3n) is 2.46. The van der Waals surface area contributed by atoms with Gasteiger partial charge in [-0.15, -0.1) is 0 Å². The van der Waals surface area contributed by atoms with Crippen LogP contribution in [0.1, 0.15) is 27.7 Å². The van der Waals surface area contributed by atoms with E-state index in [1.165, 1.54) is 3.51 Å². The van der Waals surface area contributed by atoms with Gasteiger partial charge in [0.25, 0.3) is 0 Å². The summed E-state index contributed by atoms with van der Waals surface area (Å²) in [6.07, 6.45) is 0. The van der Waals surface area contributed by atoms with Crippen molar-refractivity contribution >= 4 is 72.9 Å². The zero-order valence-corrected chi connectivity index (χ0v) is 22.4. The van der Waals surface area contributed by atoms with E-state index in [9.17, 15) is 0 Å². The predicted octanol–water partition coefficient (Wildman–Crippen LogP) is 5.44. The van der Waals surface area contributed by atoms with Crippen LogP contribution in [-0.4, -0.2) is 43.8 Å². The second-order valence-corrected chi connectivity index (χ2v) is 33.4. The molecule has 11 heteroatoms. The van der Waals surface area contributed by atoms with Crippen LogP contribution in [0.15, 0.2) is 30.3 Å². The van der Waals surface area contributed by atoms with Gasteiger partial charge in [0.1, 0.15) is 0 Å². The Balaban J connectivity index is 3.12. The first-order valence-corrected chi connectivity index (χ1v) is 23.5. The van der Waals surface area contributed by atoms with E-state index >= 15 is 0 Å². The zero-order chi connectivity index (χ0) is 18.8. The summed E-state index contributed by atoms with van der Waals surface area (Å²) >= 11 is 9.23. The molecule has 0 aliphatic heterocycles. The van der Waals surface area contributed by atoms with E-state index < -0.39 is 28.8 Å². The minimum absolute atomic E-state index is 0.545. The molecule has 0 spiro atoms. The number of hydrogen-bond acceptors (Lipinski definition) is 8. The van der Waals surface area contributed by atoms with Crippen molar-refractivity contribution in [3.8, 4) is 0 Å². The average molecular weight is 569 g/mol. The molecule has 0 N–H and O–H groups in total. The summed E-state index contributed by atoms with van der Waals surface area (Å²) in [6, 6.07) is 10.4. The molecule has 0 amide bonds. The van der Waals surface area contributed by atoms with E-state index in [2.05, 4.69) is 12.1 Å². The Morgan fingerprint density at radius 3 is 1.44 bits per heavy atom. The van der Waals surface area contributed by atoms with Gasteiger partial charge >= 0.3 is 175 Å². The Bertz CT molecular complexity index is 541. The summed E-state index contributed by atoms with van der Waals surface area (Å²) in [5.74, 6) is 0. The van der Waals surface area contributed by atoms with Crippen molar-refractivity contribution in [1.29, 1.82) is 0 Å². The van der Waals surface area contributed by atoms with Gasteiger partial charge in [-0.2, -0.15) is 0 Å². The van der Waals surface area contributed by atoms with Crippen LogP contribution in [0, 0.1) is 0 Å². The molecule has 0 fully saturated rings. The van der Waals surface area contributed by atoms with Crippen molar-refractivity contribution in [2.75, 3.05) is 26.4 Å². The fraction of sp³-hybridized carbons (Fsp3) is 0.571. The van der Waals surface area contributed by atoms with E-state index in [-0.39, 0.29) is 0 Å². The van der Waals surface area contributed by atoms with Gasteiger partial charge in [0.2, 0.25) is 0 Å². The first-order valence-electron chi connectivity index (χ1n) is 7.94. The van der Waals surface area contributed by atoms with Crippen molar-refractivity contribution < 1.29 is 18.1 Å². The average Bonchev–Trinajstić information content (AvgIpc) is 2.56. The molecule has 0 radical (unpaired) electrons. The molecule has 1 aromatic carbocycles. The maximum absolute atomic E-state index is 5.85. The fourth-order valence-corrected chi connectivity index (χ4v) is 62.2. The Labute approximate surface area is 174 Å². The van der Waals surface area contributed by atoms with Crippen molar-refractivity contribution in [3.05, 3.63) is 30.3 Å². The molecule has 0 aliphatic carbocycles. The van der Waals surface area contributed by atoms with Crippen LogP contribution >= 0.6 is 28.3 Å². The molecule has 4 nitrogen and oxygen atoms in total. The van der Waals surface area contributed by atoms with Crippen LogP contribution in [0.2, 0.25) is 0 Å². The summed E-state index contributed by atoms with van der Waals surface area (Å²) in [5, 5.41) is 0. The SMILES string of the molecule is CCOP(=S)(OCC)[S][Sb]([S]P(=S)(OCC)OCC)[c]1ccccc1. The number of benzene rings is 1. The molecule has 0 unspecified atom stereocenters. The fourth-order valence-electron chi connectivity index (χ4n) is 1.64. The molecule has 0 saturated carbocycles. The van der Waals surface area contributed by atoms with Gasteiger partial charge in [-0.3, -0.25) is 0 Å². The Morgan fingerprint density at radius 1 is 0.760 bits per heavy atom. The van der Waals surface area contributed by atoms with Crippen LogP contribution in [0.25, 0.3) is 0 Å². The number of hydrogen-bond donors (Lipinski definition) is 0. The summed E-state index contributed by atoms with van der Waals surface area (Å²) in [5.41, 5.74) is -4.79. The Morgan fingerprint density at radius 2 is 1.12 bits per heavy atom. The van der Waals surface area contributed by atoms with E-state index in [1.54, 1.807) is 16.9 Å². The molecule has 1 rings (SSSR count). The van der Waals surface area contributed by atoms with Crippen molar-refractivity contribution in [2.24, 2.45) is 0 Å². The molecule has 144 valence electrons. The second kappa shape index (κ2) is 13.2. The summed E-state index contributed by atoms with van der Waals surface area (Å²) < 4.78 is 24.7. The quantitative estimate of drug-likeness (QED) is 0.230.